The number of anilines is 2. The minimum absolute atomic E-state index is 0.154. The lowest BCUT2D eigenvalue weighted by Gasteiger charge is -2.13. The highest BCUT2D eigenvalue weighted by molar-refractivity contribution is 9.10. The standard InChI is InChI=1S/C15H17N.C9H12BrN.C6H7BO2/c1-11(2)13-9-6-10-14(15(13)16)12-7-4-3-5-8-12;1-6(2)7-4-3-5-8(10)9(7)11;8-7(9)6-4-2-1-3-5-6/h3-11H,16H2,1-2H3;3-6H,11H2,1-2H3;1-5,8-9H/i3D,4D,5D,7D,8D;;1D,2D,3D,4D,5D. The molecule has 0 amide bonds. The maximum absolute atomic E-state index is 8.81. The quantitative estimate of drug-likeness (QED) is 0.169. The van der Waals surface area contributed by atoms with Crippen LogP contribution in [0.25, 0.3) is 11.1 Å². The summed E-state index contributed by atoms with van der Waals surface area (Å²) in [7, 11) is -2.07. The Labute approximate surface area is 238 Å². The molecule has 4 nitrogen and oxygen atoms in total. The fourth-order valence-corrected chi connectivity index (χ4v) is 3.52. The van der Waals surface area contributed by atoms with E-state index in [-0.39, 0.29) is 35.7 Å². The van der Waals surface area contributed by atoms with Crippen molar-refractivity contribution in [1.82, 2.24) is 0 Å². The van der Waals surface area contributed by atoms with Crippen LogP contribution in [0.3, 0.4) is 0 Å². The molecule has 0 aliphatic rings. The molecule has 0 saturated heterocycles. The van der Waals surface area contributed by atoms with Gasteiger partial charge in [0.2, 0.25) is 0 Å². The van der Waals surface area contributed by atoms with Gasteiger partial charge in [-0.2, -0.15) is 0 Å². The molecule has 0 atom stereocenters. The molecule has 4 aromatic rings. The number of hydrogen-bond donors (Lipinski definition) is 4. The number of rotatable bonds is 4. The molecular weight excluding hydrogens is 511 g/mol. The van der Waals surface area contributed by atoms with Crippen LogP contribution in [0, 0.1) is 0 Å². The van der Waals surface area contributed by atoms with Gasteiger partial charge in [0.05, 0.1) is 13.7 Å². The van der Waals surface area contributed by atoms with E-state index in [1.54, 1.807) is 12.1 Å². The highest BCUT2D eigenvalue weighted by Gasteiger charge is 2.09. The second-order valence-corrected chi connectivity index (χ2v) is 9.13. The molecule has 0 unspecified atom stereocenters. The van der Waals surface area contributed by atoms with Gasteiger partial charge in [-0.15, -0.1) is 0 Å². The topological polar surface area (TPSA) is 92.5 Å². The second kappa shape index (κ2) is 14.5. The summed E-state index contributed by atoms with van der Waals surface area (Å²) in [4.78, 5) is 0. The maximum Gasteiger partial charge on any atom is 0.488 e. The molecule has 188 valence electrons. The molecule has 0 bridgehead atoms. The monoisotopic (exact) mass is 556 g/mol. The van der Waals surface area contributed by atoms with Gasteiger partial charge in [-0.3, -0.25) is 0 Å². The molecule has 0 aliphatic carbocycles. The zero-order valence-corrected chi connectivity index (χ0v) is 22.2. The molecule has 0 saturated carbocycles. The van der Waals surface area contributed by atoms with Crippen molar-refractivity contribution in [2.45, 2.75) is 39.5 Å². The lowest BCUT2D eigenvalue weighted by molar-refractivity contribution is 0.426. The van der Waals surface area contributed by atoms with Crippen molar-refractivity contribution >= 4 is 39.9 Å². The number of hydrogen-bond acceptors (Lipinski definition) is 4. The lowest BCUT2D eigenvalue weighted by atomic mass is 9.81. The van der Waals surface area contributed by atoms with Crippen LogP contribution in [0.15, 0.2) is 101 Å². The largest absolute Gasteiger partial charge is 0.488 e. The zero-order chi connectivity index (χ0) is 35.4. The van der Waals surface area contributed by atoms with Crippen molar-refractivity contribution in [2.24, 2.45) is 0 Å². The van der Waals surface area contributed by atoms with E-state index in [2.05, 4.69) is 35.8 Å². The van der Waals surface area contributed by atoms with Crippen LogP contribution in [0.5, 0.6) is 0 Å². The summed E-state index contributed by atoms with van der Waals surface area (Å²) < 4.78 is 76.3. The molecule has 36 heavy (non-hydrogen) atoms. The Bertz CT molecular complexity index is 1680. The predicted molar refractivity (Wildman–Crippen MR) is 159 cm³/mol. The molecule has 0 aliphatic heterocycles. The Morgan fingerprint density at radius 2 is 1.19 bits per heavy atom. The third-order valence-electron chi connectivity index (χ3n) is 5.02. The van der Waals surface area contributed by atoms with Crippen LogP contribution < -0.4 is 16.9 Å². The Morgan fingerprint density at radius 3 is 1.67 bits per heavy atom. The molecule has 0 aromatic heterocycles. The van der Waals surface area contributed by atoms with E-state index in [1.165, 1.54) is 5.56 Å². The van der Waals surface area contributed by atoms with Crippen LogP contribution >= 0.6 is 15.9 Å². The fourth-order valence-electron chi connectivity index (χ4n) is 3.14. The van der Waals surface area contributed by atoms with Crippen molar-refractivity contribution in [3.05, 3.63) is 112 Å². The Morgan fingerprint density at radius 1 is 0.722 bits per heavy atom. The number of para-hydroxylation sites is 2. The van der Waals surface area contributed by atoms with Crippen molar-refractivity contribution in [3.8, 4) is 11.1 Å². The van der Waals surface area contributed by atoms with Crippen molar-refractivity contribution in [1.29, 1.82) is 0 Å². The third-order valence-corrected chi connectivity index (χ3v) is 5.71. The minimum Gasteiger partial charge on any atom is -0.423 e. The van der Waals surface area contributed by atoms with Crippen LogP contribution in [0.4, 0.5) is 11.4 Å². The Balaban J connectivity index is 0.000000256. The van der Waals surface area contributed by atoms with Crippen molar-refractivity contribution < 1.29 is 23.8 Å². The average molecular weight is 557 g/mol. The summed E-state index contributed by atoms with van der Waals surface area (Å²) in [5, 5.41) is 17.6. The van der Waals surface area contributed by atoms with E-state index >= 15 is 0 Å². The molecule has 0 radical (unpaired) electrons. The van der Waals surface area contributed by atoms with E-state index < -0.39 is 48.8 Å². The molecule has 4 rings (SSSR count). The average Bonchev–Trinajstić information content (AvgIpc) is 2.99. The lowest BCUT2D eigenvalue weighted by Crippen LogP contribution is -2.29. The summed E-state index contributed by atoms with van der Waals surface area (Å²) in [6.07, 6.45) is 0. The summed E-state index contributed by atoms with van der Waals surface area (Å²) >= 11 is 3.39. The highest BCUT2D eigenvalue weighted by Crippen LogP contribution is 2.32. The Hall–Kier alpha value is -3.06. The van der Waals surface area contributed by atoms with E-state index in [0.29, 0.717) is 17.2 Å². The first kappa shape index (κ1) is 17.4. The molecule has 6 heteroatoms. The van der Waals surface area contributed by atoms with Crippen LogP contribution in [-0.4, -0.2) is 17.2 Å². The first-order chi connectivity index (χ1) is 21.3. The second-order valence-electron chi connectivity index (χ2n) is 8.27. The van der Waals surface area contributed by atoms with Gasteiger partial charge >= 0.3 is 7.12 Å². The van der Waals surface area contributed by atoms with Gasteiger partial charge in [-0.25, -0.2) is 0 Å². The third kappa shape index (κ3) is 8.56. The predicted octanol–water partition coefficient (Wildman–Crippen LogP) is 6.58. The van der Waals surface area contributed by atoms with Crippen molar-refractivity contribution in [2.75, 3.05) is 11.5 Å². The summed E-state index contributed by atoms with van der Waals surface area (Å²) in [6.45, 7) is 8.27. The number of halogens is 1. The molecule has 0 spiro atoms. The van der Waals surface area contributed by atoms with E-state index in [0.717, 1.165) is 15.7 Å². The molecular formula is C30H36BBrN2O2. The van der Waals surface area contributed by atoms with Gasteiger partial charge in [-0.1, -0.05) is 118 Å². The maximum atomic E-state index is 8.81. The molecule has 0 heterocycles. The van der Waals surface area contributed by atoms with E-state index in [1.807, 2.05) is 32.0 Å². The number of nitrogens with two attached hydrogens (primary N) is 2. The van der Waals surface area contributed by atoms with Gasteiger partial charge in [0.15, 0.2) is 0 Å². The summed E-state index contributed by atoms with van der Waals surface area (Å²) in [5.74, 6) is 0.683. The first-order valence-electron chi connectivity index (χ1n) is 16.2. The van der Waals surface area contributed by atoms with E-state index in [9.17, 15) is 0 Å². The van der Waals surface area contributed by atoms with Gasteiger partial charge in [-0.05, 0) is 56.0 Å². The SMILES string of the molecule is CC(C)c1cccc(Br)c1N.[2H]c1c([2H])c([2H])c(-c2cccc(C(C)C)c2N)c([2H])c1[2H].[2H]c1c([2H])c([2H])c(B(O)O)c([2H])c1[2H]. The van der Waals surface area contributed by atoms with Gasteiger partial charge in [0.1, 0.15) is 0 Å². The van der Waals surface area contributed by atoms with Crippen LogP contribution in [0.1, 0.15) is 64.4 Å². The molecule has 4 aromatic carbocycles. The smallest absolute Gasteiger partial charge is 0.423 e. The van der Waals surface area contributed by atoms with Gasteiger partial charge in [0, 0.05) is 21.4 Å². The van der Waals surface area contributed by atoms with Gasteiger partial charge in [0.25, 0.3) is 0 Å². The summed E-state index contributed by atoms with van der Waals surface area (Å²) in [5.41, 5.74) is 15.6. The minimum atomic E-state index is -2.07. The zero-order valence-electron chi connectivity index (χ0n) is 30.6. The number of nitrogen functional groups attached to an aromatic ring is 2. The Kier molecular flexibility index (Phi) is 7.01. The van der Waals surface area contributed by atoms with E-state index in [4.69, 9.17) is 35.2 Å². The molecule has 0 fully saturated rings. The van der Waals surface area contributed by atoms with Gasteiger partial charge < -0.3 is 21.5 Å². The normalized spacial score (nSPS) is 14.1. The fraction of sp³-hybridized carbons (Fsp3) is 0.200. The first-order valence-corrected chi connectivity index (χ1v) is 12.0. The molecule has 6 N–H and O–H groups in total. The summed E-state index contributed by atoms with van der Waals surface area (Å²) in [6, 6.07) is 6.97. The van der Waals surface area contributed by atoms with Crippen molar-refractivity contribution in [3.63, 3.8) is 0 Å². The number of benzene rings is 4. The van der Waals surface area contributed by atoms with Crippen LogP contribution in [-0.2, 0) is 0 Å². The highest BCUT2D eigenvalue weighted by atomic mass is 79.9. The van der Waals surface area contributed by atoms with Crippen LogP contribution in [0.2, 0.25) is 0 Å².